The Morgan fingerprint density at radius 2 is 1.85 bits per heavy atom. The van der Waals surface area contributed by atoms with Gasteiger partial charge in [-0.05, 0) is 30.3 Å². The van der Waals surface area contributed by atoms with Crippen LogP contribution in [0.5, 0.6) is 0 Å². The Balaban J connectivity index is 1.30. The summed E-state index contributed by atoms with van der Waals surface area (Å²) in [5.74, 6) is 0.169. The van der Waals surface area contributed by atoms with E-state index in [0.29, 0.717) is 12.4 Å². The lowest BCUT2D eigenvalue weighted by Crippen LogP contribution is -2.50. The largest absolute Gasteiger partial charge is 0.451 e. The number of para-hydroxylation sites is 1. The van der Waals surface area contributed by atoms with Gasteiger partial charge in [0.15, 0.2) is 5.76 Å². The molecule has 0 bridgehead atoms. The van der Waals surface area contributed by atoms with Gasteiger partial charge in [-0.2, -0.15) is 0 Å². The normalized spacial score (nSPS) is 15.3. The zero-order valence-electron chi connectivity index (χ0n) is 14.3. The molecule has 1 N–H and O–H groups in total. The van der Waals surface area contributed by atoms with Crippen LogP contribution in [0.2, 0.25) is 5.02 Å². The average Bonchev–Trinajstić information content (AvgIpc) is 3.11. The molecule has 0 radical (unpaired) electrons. The first-order valence-electron chi connectivity index (χ1n) is 8.69. The number of carbonyl (C=O) groups is 1. The van der Waals surface area contributed by atoms with Gasteiger partial charge < -0.3 is 14.6 Å². The number of rotatable bonds is 4. The summed E-state index contributed by atoms with van der Waals surface area (Å²) < 4.78 is 5.60. The maximum Gasteiger partial charge on any atom is 0.288 e. The lowest BCUT2D eigenvalue weighted by molar-refractivity contribution is 0.0894. The molecule has 5 nitrogen and oxygen atoms in total. The van der Waals surface area contributed by atoms with E-state index in [1.807, 2.05) is 42.5 Å². The van der Waals surface area contributed by atoms with E-state index in [0.717, 1.165) is 47.9 Å². The fourth-order valence-electron chi connectivity index (χ4n) is 3.20. The molecule has 1 aliphatic rings. The van der Waals surface area contributed by atoms with Crippen molar-refractivity contribution >= 4 is 34.2 Å². The maximum absolute atomic E-state index is 12.3. The number of hydrogen-bond donors (Lipinski definition) is 1. The van der Waals surface area contributed by atoms with Crippen LogP contribution in [0.4, 0.5) is 5.69 Å². The summed E-state index contributed by atoms with van der Waals surface area (Å²) in [6, 6.07) is 17.3. The summed E-state index contributed by atoms with van der Waals surface area (Å²) in [7, 11) is 0. The Kier molecular flexibility index (Phi) is 4.82. The highest BCUT2D eigenvalue weighted by atomic mass is 35.5. The summed E-state index contributed by atoms with van der Waals surface area (Å²) >= 11 is 6.07. The summed E-state index contributed by atoms with van der Waals surface area (Å²) in [5, 5.41) is 4.64. The van der Waals surface area contributed by atoms with Crippen molar-refractivity contribution in [3.8, 4) is 0 Å². The summed E-state index contributed by atoms with van der Waals surface area (Å²) in [5.41, 5.74) is 1.87. The van der Waals surface area contributed by atoms with Crippen LogP contribution < -0.4 is 10.2 Å². The van der Waals surface area contributed by atoms with Crippen LogP contribution in [0.25, 0.3) is 11.0 Å². The van der Waals surface area contributed by atoms with Crippen molar-refractivity contribution in [3.63, 3.8) is 0 Å². The second-order valence-corrected chi connectivity index (χ2v) is 6.83. The molecule has 0 unspecified atom stereocenters. The molecule has 1 aromatic heterocycles. The second kappa shape index (κ2) is 7.40. The molecule has 3 aromatic rings. The van der Waals surface area contributed by atoms with Gasteiger partial charge in [0.25, 0.3) is 5.91 Å². The molecule has 6 heteroatoms. The quantitative estimate of drug-likeness (QED) is 0.763. The highest BCUT2D eigenvalue weighted by molar-refractivity contribution is 6.30. The van der Waals surface area contributed by atoms with Gasteiger partial charge in [-0.15, -0.1) is 0 Å². The molecule has 1 aliphatic heterocycles. The smallest absolute Gasteiger partial charge is 0.288 e. The number of fused-ring (bicyclic) bond motifs is 1. The third-order valence-corrected chi connectivity index (χ3v) is 4.89. The fourth-order valence-corrected chi connectivity index (χ4v) is 3.39. The standard InChI is InChI=1S/C20H20ClN3O2/c21-16-5-3-6-17(13-16)24-10-8-23(9-11-24)14-22-20(25)19-12-15-4-1-2-7-18(15)26-19/h1-7,12-13H,8-11,14H2,(H,22,25). The van der Waals surface area contributed by atoms with Gasteiger partial charge in [0.1, 0.15) is 5.58 Å². The van der Waals surface area contributed by atoms with E-state index in [2.05, 4.69) is 21.2 Å². The monoisotopic (exact) mass is 369 g/mol. The van der Waals surface area contributed by atoms with Crippen molar-refractivity contribution < 1.29 is 9.21 Å². The molecular weight excluding hydrogens is 350 g/mol. The van der Waals surface area contributed by atoms with E-state index in [1.54, 1.807) is 6.07 Å². The van der Waals surface area contributed by atoms with Crippen LogP contribution in [-0.4, -0.2) is 43.7 Å². The number of hydrogen-bond acceptors (Lipinski definition) is 4. The first-order chi connectivity index (χ1) is 12.7. The topological polar surface area (TPSA) is 48.7 Å². The Morgan fingerprint density at radius 3 is 2.62 bits per heavy atom. The maximum atomic E-state index is 12.3. The van der Waals surface area contributed by atoms with E-state index in [1.165, 1.54) is 0 Å². The SMILES string of the molecule is O=C(NCN1CCN(c2cccc(Cl)c2)CC1)c1cc2ccccc2o1. The minimum absolute atomic E-state index is 0.182. The predicted octanol–water partition coefficient (Wildman–Crippen LogP) is 3.60. The second-order valence-electron chi connectivity index (χ2n) is 6.40. The number of anilines is 1. The van der Waals surface area contributed by atoms with Crippen LogP contribution in [0, 0.1) is 0 Å². The Hall–Kier alpha value is -2.50. The molecule has 0 saturated carbocycles. The van der Waals surface area contributed by atoms with Gasteiger partial charge in [-0.25, -0.2) is 0 Å². The molecule has 0 aliphatic carbocycles. The number of carbonyl (C=O) groups excluding carboxylic acids is 1. The van der Waals surface area contributed by atoms with Crippen molar-refractivity contribution in [2.24, 2.45) is 0 Å². The number of nitrogens with one attached hydrogen (secondary N) is 1. The third kappa shape index (κ3) is 3.69. The van der Waals surface area contributed by atoms with Crippen LogP contribution in [-0.2, 0) is 0 Å². The minimum Gasteiger partial charge on any atom is -0.451 e. The lowest BCUT2D eigenvalue weighted by Gasteiger charge is -2.36. The van der Waals surface area contributed by atoms with E-state index in [4.69, 9.17) is 16.0 Å². The van der Waals surface area contributed by atoms with E-state index in [-0.39, 0.29) is 5.91 Å². The molecule has 4 rings (SSSR count). The van der Waals surface area contributed by atoms with Gasteiger partial charge in [0.2, 0.25) is 0 Å². The Bertz CT molecular complexity index is 883. The number of furan rings is 1. The molecule has 2 heterocycles. The van der Waals surface area contributed by atoms with Crippen molar-refractivity contribution in [1.29, 1.82) is 0 Å². The van der Waals surface area contributed by atoms with Crippen LogP contribution >= 0.6 is 11.6 Å². The highest BCUT2D eigenvalue weighted by Crippen LogP contribution is 2.21. The number of amides is 1. The van der Waals surface area contributed by atoms with Gasteiger partial charge in [0, 0.05) is 42.3 Å². The molecular formula is C20H20ClN3O2. The highest BCUT2D eigenvalue weighted by Gasteiger charge is 2.19. The van der Waals surface area contributed by atoms with Crippen LogP contribution in [0.3, 0.4) is 0 Å². The van der Waals surface area contributed by atoms with Gasteiger partial charge in [0.05, 0.1) is 6.67 Å². The molecule has 0 atom stereocenters. The average molecular weight is 370 g/mol. The number of halogens is 1. The van der Waals surface area contributed by atoms with E-state index in [9.17, 15) is 4.79 Å². The van der Waals surface area contributed by atoms with Gasteiger partial charge >= 0.3 is 0 Å². The van der Waals surface area contributed by atoms with Crippen molar-refractivity contribution in [2.45, 2.75) is 0 Å². The lowest BCUT2D eigenvalue weighted by atomic mass is 10.2. The number of piperazine rings is 1. The summed E-state index contributed by atoms with van der Waals surface area (Å²) in [6.07, 6.45) is 0. The molecule has 1 amide bonds. The Morgan fingerprint density at radius 1 is 1.04 bits per heavy atom. The zero-order valence-corrected chi connectivity index (χ0v) is 15.1. The molecule has 26 heavy (non-hydrogen) atoms. The molecule has 1 saturated heterocycles. The van der Waals surface area contributed by atoms with Gasteiger partial charge in [-0.1, -0.05) is 35.9 Å². The number of nitrogens with zero attached hydrogens (tertiary/aromatic N) is 2. The van der Waals surface area contributed by atoms with Crippen molar-refractivity contribution in [2.75, 3.05) is 37.7 Å². The van der Waals surface area contributed by atoms with E-state index < -0.39 is 0 Å². The van der Waals surface area contributed by atoms with E-state index >= 15 is 0 Å². The molecule has 2 aromatic carbocycles. The molecule has 0 spiro atoms. The van der Waals surface area contributed by atoms with Crippen LogP contribution in [0.1, 0.15) is 10.6 Å². The minimum atomic E-state index is -0.182. The summed E-state index contributed by atoms with van der Waals surface area (Å²) in [6.45, 7) is 4.08. The summed E-state index contributed by atoms with van der Waals surface area (Å²) in [4.78, 5) is 16.9. The zero-order chi connectivity index (χ0) is 17.9. The van der Waals surface area contributed by atoms with Crippen molar-refractivity contribution in [3.05, 3.63) is 65.4 Å². The fraction of sp³-hybridized carbons (Fsp3) is 0.250. The first-order valence-corrected chi connectivity index (χ1v) is 9.06. The molecule has 1 fully saturated rings. The molecule has 134 valence electrons. The van der Waals surface area contributed by atoms with Crippen molar-refractivity contribution in [1.82, 2.24) is 10.2 Å². The van der Waals surface area contributed by atoms with Crippen LogP contribution in [0.15, 0.2) is 59.0 Å². The first kappa shape index (κ1) is 16.9. The third-order valence-electron chi connectivity index (χ3n) is 4.66. The Labute approximate surface area is 157 Å². The van der Waals surface area contributed by atoms with Gasteiger partial charge in [-0.3, -0.25) is 9.69 Å². The number of benzene rings is 2. The predicted molar refractivity (Wildman–Crippen MR) is 104 cm³/mol.